The van der Waals surface area contributed by atoms with Crippen LogP contribution in [0.1, 0.15) is 426 Å². The van der Waals surface area contributed by atoms with Crippen LogP contribution in [0.2, 0.25) is 0 Å². The summed E-state index contributed by atoms with van der Waals surface area (Å²) in [5.74, 6) is -1.41. The molecule has 17 nitrogen and oxygen atoms in total. The quantitative estimate of drug-likeness (QED) is 0.0169. The molecule has 0 amide bonds. The van der Waals surface area contributed by atoms with E-state index in [9.17, 15) is 43.2 Å². The summed E-state index contributed by atoms with van der Waals surface area (Å²) >= 11 is 0. The summed E-state index contributed by atoms with van der Waals surface area (Å²) in [6.45, 7) is 7.24. The number of phosphoric ester groups is 2. The summed E-state index contributed by atoms with van der Waals surface area (Å²) in [5, 5.41) is 10.7. The number of carbonyl (C=O) groups excluding carboxylic acids is 4. The summed E-state index contributed by atoms with van der Waals surface area (Å²) in [6, 6.07) is 0. The predicted molar refractivity (Wildman–Crippen MR) is 423 cm³/mol. The van der Waals surface area contributed by atoms with Gasteiger partial charge in [0, 0.05) is 25.7 Å². The Morgan fingerprint density at radius 1 is 0.311 bits per heavy atom. The second kappa shape index (κ2) is 76.3. The Labute approximate surface area is 631 Å². The monoisotopic (exact) mass is 1500 g/mol. The van der Waals surface area contributed by atoms with Gasteiger partial charge in [-0.15, -0.1) is 0 Å². The second-order valence-electron chi connectivity index (χ2n) is 29.8. The van der Waals surface area contributed by atoms with Gasteiger partial charge in [0.25, 0.3) is 0 Å². The summed E-state index contributed by atoms with van der Waals surface area (Å²) in [6.07, 6.45) is 71.7. The summed E-state index contributed by atoms with van der Waals surface area (Å²) in [7, 11) is -9.94. The number of hydrogen-bond acceptors (Lipinski definition) is 15. The fraction of sp³-hybridized carbons (Fsp3) is 0.905. The third-order valence-corrected chi connectivity index (χ3v) is 21.4. The van der Waals surface area contributed by atoms with Crippen molar-refractivity contribution in [3.8, 4) is 0 Å². The van der Waals surface area contributed by atoms with Crippen LogP contribution in [-0.2, 0) is 65.4 Å². The molecule has 0 bridgehead atoms. The Hall–Kier alpha value is -2.46. The molecule has 0 aromatic rings. The number of aliphatic hydroxyl groups excluding tert-OH is 1. The lowest BCUT2D eigenvalue weighted by molar-refractivity contribution is -0.161. The van der Waals surface area contributed by atoms with Crippen molar-refractivity contribution in [3.63, 3.8) is 0 Å². The average Bonchev–Trinajstić information content (AvgIpc) is 0.923. The van der Waals surface area contributed by atoms with Crippen molar-refractivity contribution in [2.75, 3.05) is 39.6 Å². The first-order valence-electron chi connectivity index (χ1n) is 43.0. The summed E-state index contributed by atoms with van der Waals surface area (Å²) < 4.78 is 68.8. The van der Waals surface area contributed by atoms with Gasteiger partial charge < -0.3 is 33.8 Å². The highest BCUT2D eigenvalue weighted by molar-refractivity contribution is 7.47. The van der Waals surface area contributed by atoms with Crippen molar-refractivity contribution in [1.82, 2.24) is 0 Å². The molecule has 19 heteroatoms. The average molecular weight is 1500 g/mol. The van der Waals surface area contributed by atoms with Gasteiger partial charge in [0.2, 0.25) is 0 Å². The SMILES string of the molecule is CCCCCC/C=C\C=C/CCCCCCCC(=O)O[C@H](COC(=O)CCCCCCCCC(C)CC)COP(=O)(O)OC[C@H](O)COP(=O)(O)OC[C@@H](COC(=O)CCCCCCCCCCCCCCCCCCC)OC(=O)CCCCCCCCCCCCCCCCCCCCCCC. The van der Waals surface area contributed by atoms with E-state index >= 15 is 0 Å². The van der Waals surface area contributed by atoms with Crippen LogP contribution >= 0.6 is 15.6 Å². The van der Waals surface area contributed by atoms with Gasteiger partial charge >= 0.3 is 39.5 Å². The Bertz CT molecular complexity index is 2060. The van der Waals surface area contributed by atoms with Crippen molar-refractivity contribution in [1.29, 1.82) is 0 Å². The minimum atomic E-state index is -4.97. The van der Waals surface area contributed by atoms with Gasteiger partial charge in [0.1, 0.15) is 19.3 Å². The topological polar surface area (TPSA) is 237 Å². The third-order valence-electron chi connectivity index (χ3n) is 19.5. The fourth-order valence-corrected chi connectivity index (χ4v) is 14.1. The van der Waals surface area contributed by atoms with Gasteiger partial charge in [0.15, 0.2) is 12.2 Å². The molecule has 0 aromatic carbocycles. The Morgan fingerprint density at radius 2 is 0.544 bits per heavy atom. The molecule has 103 heavy (non-hydrogen) atoms. The lowest BCUT2D eigenvalue weighted by atomic mass is 10.00. The van der Waals surface area contributed by atoms with Crippen LogP contribution in [0.5, 0.6) is 0 Å². The fourth-order valence-electron chi connectivity index (χ4n) is 12.5. The number of unbranched alkanes of at least 4 members (excludes halogenated alkanes) is 50. The highest BCUT2D eigenvalue weighted by atomic mass is 31.2. The van der Waals surface area contributed by atoms with E-state index in [-0.39, 0.29) is 25.7 Å². The number of carbonyl (C=O) groups is 4. The first-order valence-corrected chi connectivity index (χ1v) is 46.0. The number of aliphatic hydroxyl groups is 1. The molecule has 0 heterocycles. The number of hydrogen-bond donors (Lipinski definition) is 3. The molecule has 608 valence electrons. The van der Waals surface area contributed by atoms with E-state index in [1.807, 2.05) is 0 Å². The van der Waals surface area contributed by atoms with Gasteiger partial charge in [-0.25, -0.2) is 9.13 Å². The van der Waals surface area contributed by atoms with E-state index in [0.29, 0.717) is 25.7 Å². The molecule has 0 aliphatic heterocycles. The summed E-state index contributed by atoms with van der Waals surface area (Å²) in [5.41, 5.74) is 0. The lowest BCUT2D eigenvalue weighted by Gasteiger charge is -2.21. The van der Waals surface area contributed by atoms with Crippen LogP contribution in [0.4, 0.5) is 0 Å². The number of rotatable bonds is 82. The first-order chi connectivity index (χ1) is 50.1. The number of esters is 4. The van der Waals surface area contributed by atoms with Gasteiger partial charge in [-0.2, -0.15) is 0 Å². The zero-order valence-corrected chi connectivity index (χ0v) is 68.7. The molecule has 0 aliphatic rings. The van der Waals surface area contributed by atoms with Gasteiger partial charge in [0.05, 0.1) is 26.4 Å². The van der Waals surface area contributed by atoms with Crippen LogP contribution in [0.15, 0.2) is 24.3 Å². The number of allylic oxidation sites excluding steroid dienone is 4. The van der Waals surface area contributed by atoms with Gasteiger partial charge in [-0.3, -0.25) is 37.3 Å². The Balaban J connectivity index is 5.26. The van der Waals surface area contributed by atoms with Crippen LogP contribution in [0.25, 0.3) is 0 Å². The number of phosphoric acid groups is 2. The molecule has 0 aliphatic carbocycles. The molecule has 0 fully saturated rings. The van der Waals surface area contributed by atoms with Crippen molar-refractivity contribution in [2.24, 2.45) is 5.92 Å². The van der Waals surface area contributed by atoms with Gasteiger partial charge in [-0.05, 0) is 57.3 Å². The van der Waals surface area contributed by atoms with Crippen LogP contribution in [0, 0.1) is 5.92 Å². The molecule has 6 atom stereocenters. The van der Waals surface area contributed by atoms with Crippen LogP contribution in [0.3, 0.4) is 0 Å². The highest BCUT2D eigenvalue weighted by Crippen LogP contribution is 2.45. The largest absolute Gasteiger partial charge is 0.472 e. The molecular formula is C84H160O17P2. The molecule has 3 N–H and O–H groups in total. The molecule has 0 radical (unpaired) electrons. The van der Waals surface area contributed by atoms with E-state index in [0.717, 1.165) is 115 Å². The van der Waals surface area contributed by atoms with Crippen molar-refractivity contribution in [3.05, 3.63) is 24.3 Å². The maximum Gasteiger partial charge on any atom is 0.472 e. The van der Waals surface area contributed by atoms with Crippen LogP contribution < -0.4 is 0 Å². The zero-order chi connectivity index (χ0) is 75.5. The Morgan fingerprint density at radius 3 is 0.825 bits per heavy atom. The maximum absolute atomic E-state index is 13.1. The second-order valence-corrected chi connectivity index (χ2v) is 32.7. The lowest BCUT2D eigenvalue weighted by Crippen LogP contribution is -2.30. The smallest absolute Gasteiger partial charge is 0.462 e. The van der Waals surface area contributed by atoms with Crippen molar-refractivity contribution < 1.29 is 80.2 Å². The summed E-state index contributed by atoms with van der Waals surface area (Å²) in [4.78, 5) is 73.1. The van der Waals surface area contributed by atoms with E-state index in [4.69, 9.17) is 37.0 Å². The van der Waals surface area contributed by atoms with Crippen molar-refractivity contribution in [2.45, 2.75) is 445 Å². The van der Waals surface area contributed by atoms with E-state index in [2.05, 4.69) is 58.9 Å². The highest BCUT2D eigenvalue weighted by Gasteiger charge is 2.30. The molecule has 0 saturated heterocycles. The maximum atomic E-state index is 13.1. The van der Waals surface area contributed by atoms with E-state index in [1.165, 1.54) is 231 Å². The standard InChI is InChI=1S/C84H160O17P2/c1-6-10-13-16-19-22-25-28-31-33-34-35-36-38-41-44-47-50-53-60-65-69-83(88)100-79(73-94-81(86)67-62-57-51-48-45-42-40-37-32-29-26-23-20-17-14-11-7-2)75-98-102(90,91)96-71-78(85)72-97-103(92,93)99-76-80(74-95-82(87)68-63-58-55-54-56-61-66-77(5)9-4)101-84(89)70-64-59-52-49-46-43-39-30-27-24-21-18-15-12-8-3/h24,27,30,39,77-80,85H,6-23,25-26,28-29,31-38,40-76H2,1-5H3,(H,90,91)(H,92,93)/b27-24-,39-30-/t77?,78-,79-,80-/m1/s1. The third kappa shape index (κ3) is 76.1. The van der Waals surface area contributed by atoms with E-state index < -0.39 is 97.5 Å². The predicted octanol–water partition coefficient (Wildman–Crippen LogP) is 25.1. The normalized spacial score (nSPS) is 14.2. The van der Waals surface area contributed by atoms with E-state index in [1.54, 1.807) is 0 Å². The molecule has 0 spiro atoms. The molecule has 0 aromatic heterocycles. The zero-order valence-electron chi connectivity index (χ0n) is 66.9. The minimum Gasteiger partial charge on any atom is -0.462 e. The first kappa shape index (κ1) is 101. The molecule has 0 saturated carbocycles. The van der Waals surface area contributed by atoms with Gasteiger partial charge in [-0.1, -0.05) is 374 Å². The Kier molecular flexibility index (Phi) is 74.5. The molecule has 0 rings (SSSR count). The minimum absolute atomic E-state index is 0.0846. The van der Waals surface area contributed by atoms with Crippen LogP contribution in [-0.4, -0.2) is 96.7 Å². The molecular weight excluding hydrogens is 1340 g/mol. The molecule has 3 unspecified atom stereocenters. The van der Waals surface area contributed by atoms with Crippen molar-refractivity contribution >= 4 is 39.5 Å². The number of ether oxygens (including phenoxy) is 4.